The zero-order valence-corrected chi connectivity index (χ0v) is 8.23. The Kier molecular flexibility index (Phi) is 5.41. The minimum atomic E-state index is -3.48. The van der Waals surface area contributed by atoms with E-state index < -0.39 is 16.3 Å². The van der Waals surface area contributed by atoms with Gasteiger partial charge in [-0.1, -0.05) is 19.8 Å². The molecule has 0 heterocycles. The molecule has 0 amide bonds. The lowest BCUT2D eigenvalue weighted by Gasteiger charge is -2.05. The number of rotatable bonds is 6. The van der Waals surface area contributed by atoms with Crippen LogP contribution in [0.2, 0.25) is 0 Å². The van der Waals surface area contributed by atoms with Crippen LogP contribution < -0.4 is 0 Å². The Hall–Kier alpha value is -0.160. The van der Waals surface area contributed by atoms with E-state index in [1.54, 1.807) is 0 Å². The third-order valence-electron chi connectivity index (χ3n) is 1.33. The van der Waals surface area contributed by atoms with Crippen LogP contribution in [0.4, 0.5) is 4.39 Å². The molecule has 5 heteroatoms. The van der Waals surface area contributed by atoms with Crippen LogP contribution in [0.25, 0.3) is 0 Å². The fourth-order valence-corrected chi connectivity index (χ4v) is 1.10. The van der Waals surface area contributed by atoms with Crippen molar-refractivity contribution in [3.8, 4) is 0 Å². The highest BCUT2D eigenvalue weighted by molar-refractivity contribution is 7.85. The summed E-state index contributed by atoms with van der Waals surface area (Å²) in [5.41, 5.74) is 0. The van der Waals surface area contributed by atoms with Crippen molar-refractivity contribution in [1.29, 1.82) is 0 Å². The first kappa shape index (κ1) is 11.8. The molecule has 0 aromatic rings. The minimum absolute atomic E-state index is 0.348. The zero-order valence-electron chi connectivity index (χ0n) is 7.42. The van der Waals surface area contributed by atoms with E-state index in [2.05, 4.69) is 4.18 Å². The summed E-state index contributed by atoms with van der Waals surface area (Å²) in [7, 11) is -3.48. The van der Waals surface area contributed by atoms with Crippen molar-refractivity contribution in [1.82, 2.24) is 0 Å². The van der Waals surface area contributed by atoms with Gasteiger partial charge in [0.2, 0.25) is 0 Å². The summed E-state index contributed by atoms with van der Waals surface area (Å²) >= 11 is 0. The van der Waals surface area contributed by atoms with Gasteiger partial charge in [0.1, 0.15) is 6.17 Å². The molecule has 0 radical (unpaired) electrons. The molecular formula is C7H15FO3S. The summed E-state index contributed by atoms with van der Waals surface area (Å²) in [4.78, 5) is 0. The first-order valence-electron chi connectivity index (χ1n) is 3.94. The molecule has 0 aromatic heterocycles. The molecule has 1 atom stereocenters. The van der Waals surface area contributed by atoms with E-state index in [9.17, 15) is 12.8 Å². The fraction of sp³-hybridized carbons (Fsp3) is 1.00. The second kappa shape index (κ2) is 5.48. The predicted octanol–water partition coefficient (Wildman–Crippen LogP) is 1.49. The highest BCUT2D eigenvalue weighted by Gasteiger charge is 2.09. The van der Waals surface area contributed by atoms with Gasteiger partial charge in [-0.2, -0.15) is 8.42 Å². The first-order chi connectivity index (χ1) is 5.45. The molecule has 3 nitrogen and oxygen atoms in total. The highest BCUT2D eigenvalue weighted by Crippen LogP contribution is 2.05. The van der Waals surface area contributed by atoms with Crippen molar-refractivity contribution < 1.29 is 17.0 Å². The van der Waals surface area contributed by atoms with Gasteiger partial charge in [0.25, 0.3) is 10.1 Å². The Labute approximate surface area is 73.0 Å². The summed E-state index contributed by atoms with van der Waals surface area (Å²) in [6.45, 7) is 1.60. The monoisotopic (exact) mass is 198 g/mol. The van der Waals surface area contributed by atoms with Gasteiger partial charge in [-0.15, -0.1) is 0 Å². The molecule has 0 fully saturated rings. The van der Waals surface area contributed by atoms with E-state index >= 15 is 0 Å². The van der Waals surface area contributed by atoms with Crippen molar-refractivity contribution in [2.24, 2.45) is 0 Å². The van der Waals surface area contributed by atoms with Gasteiger partial charge in [0.15, 0.2) is 0 Å². The third-order valence-corrected chi connectivity index (χ3v) is 1.90. The summed E-state index contributed by atoms with van der Waals surface area (Å²) < 4.78 is 37.9. The van der Waals surface area contributed by atoms with Crippen LogP contribution in [0.1, 0.15) is 26.2 Å². The molecule has 1 unspecified atom stereocenters. The summed E-state index contributed by atoms with van der Waals surface area (Å²) in [6.07, 6.45) is 1.78. The standard InChI is InChI=1S/C7H15FO3S/c1-3-4-5-7(8)6-11-12(2,9)10/h7H,3-6H2,1-2H3. The van der Waals surface area contributed by atoms with Gasteiger partial charge in [0.05, 0.1) is 12.9 Å². The van der Waals surface area contributed by atoms with Crippen molar-refractivity contribution >= 4 is 10.1 Å². The van der Waals surface area contributed by atoms with Crippen molar-refractivity contribution in [3.63, 3.8) is 0 Å². The van der Waals surface area contributed by atoms with Crippen molar-refractivity contribution in [2.75, 3.05) is 12.9 Å². The molecule has 12 heavy (non-hydrogen) atoms. The Balaban J connectivity index is 3.51. The van der Waals surface area contributed by atoms with Crippen molar-refractivity contribution in [2.45, 2.75) is 32.4 Å². The third kappa shape index (κ3) is 7.94. The van der Waals surface area contributed by atoms with E-state index in [-0.39, 0.29) is 6.61 Å². The predicted molar refractivity (Wildman–Crippen MR) is 45.2 cm³/mol. The van der Waals surface area contributed by atoms with Crippen LogP contribution in [0.5, 0.6) is 0 Å². The van der Waals surface area contributed by atoms with Crippen LogP contribution in [0.15, 0.2) is 0 Å². The number of unbranched alkanes of at least 4 members (excludes halogenated alkanes) is 1. The quantitative estimate of drug-likeness (QED) is 0.607. The maximum absolute atomic E-state index is 12.7. The smallest absolute Gasteiger partial charge is 0.264 e. The maximum Gasteiger partial charge on any atom is 0.264 e. The molecule has 0 aliphatic carbocycles. The van der Waals surface area contributed by atoms with E-state index in [0.717, 1.165) is 19.1 Å². The van der Waals surface area contributed by atoms with Crippen LogP contribution in [0, 0.1) is 0 Å². The van der Waals surface area contributed by atoms with E-state index in [0.29, 0.717) is 6.42 Å². The van der Waals surface area contributed by atoms with Gasteiger partial charge >= 0.3 is 0 Å². The molecule has 0 saturated heterocycles. The maximum atomic E-state index is 12.7. The highest BCUT2D eigenvalue weighted by atomic mass is 32.2. The SMILES string of the molecule is CCCCC(F)COS(C)(=O)=O. The van der Waals surface area contributed by atoms with Gasteiger partial charge in [-0.05, 0) is 6.42 Å². The Morgan fingerprint density at radius 3 is 2.50 bits per heavy atom. The number of hydrogen-bond acceptors (Lipinski definition) is 3. The molecule has 0 rings (SSSR count). The molecule has 0 aromatic carbocycles. The summed E-state index contributed by atoms with van der Waals surface area (Å²) in [6, 6.07) is 0. The van der Waals surface area contributed by atoms with Crippen LogP contribution in [-0.4, -0.2) is 27.5 Å². The topological polar surface area (TPSA) is 43.4 Å². The second-order valence-electron chi connectivity index (χ2n) is 2.73. The summed E-state index contributed by atoms with van der Waals surface area (Å²) in [5.74, 6) is 0. The lowest BCUT2D eigenvalue weighted by Crippen LogP contribution is -2.14. The van der Waals surface area contributed by atoms with Crippen LogP contribution in [-0.2, 0) is 14.3 Å². The van der Waals surface area contributed by atoms with Crippen LogP contribution in [0.3, 0.4) is 0 Å². The summed E-state index contributed by atoms with van der Waals surface area (Å²) in [5, 5.41) is 0. The molecular weight excluding hydrogens is 183 g/mol. The average molecular weight is 198 g/mol. The molecule has 0 saturated carbocycles. The number of halogens is 1. The molecule has 0 N–H and O–H groups in total. The second-order valence-corrected chi connectivity index (χ2v) is 4.37. The number of hydrogen-bond donors (Lipinski definition) is 0. The van der Waals surface area contributed by atoms with Gasteiger partial charge in [-0.25, -0.2) is 4.39 Å². The normalized spacial score (nSPS) is 14.6. The Morgan fingerprint density at radius 1 is 1.50 bits per heavy atom. The van der Waals surface area contributed by atoms with E-state index in [1.807, 2.05) is 6.92 Å². The molecule has 74 valence electrons. The average Bonchev–Trinajstić information content (AvgIpc) is 1.95. The molecule has 0 aliphatic heterocycles. The largest absolute Gasteiger partial charge is 0.267 e. The molecule has 0 spiro atoms. The molecule has 0 bridgehead atoms. The minimum Gasteiger partial charge on any atom is -0.267 e. The Morgan fingerprint density at radius 2 is 2.08 bits per heavy atom. The molecule has 0 aliphatic rings. The van der Waals surface area contributed by atoms with Gasteiger partial charge in [0, 0.05) is 0 Å². The van der Waals surface area contributed by atoms with Crippen LogP contribution >= 0.6 is 0 Å². The van der Waals surface area contributed by atoms with Crippen molar-refractivity contribution in [3.05, 3.63) is 0 Å². The van der Waals surface area contributed by atoms with E-state index in [4.69, 9.17) is 0 Å². The Bertz CT molecular complexity index is 201. The number of alkyl halides is 1. The fourth-order valence-electron chi connectivity index (χ4n) is 0.706. The van der Waals surface area contributed by atoms with E-state index in [1.165, 1.54) is 0 Å². The first-order valence-corrected chi connectivity index (χ1v) is 5.76. The lowest BCUT2D eigenvalue weighted by molar-refractivity contribution is 0.190. The van der Waals surface area contributed by atoms with Gasteiger partial charge in [-0.3, -0.25) is 4.18 Å². The zero-order chi connectivity index (χ0) is 9.61. The lowest BCUT2D eigenvalue weighted by atomic mass is 10.2. The van der Waals surface area contributed by atoms with Gasteiger partial charge < -0.3 is 0 Å².